The molecule has 1 saturated carbocycles. The number of anilines is 1. The van der Waals surface area contributed by atoms with Gasteiger partial charge in [0.2, 0.25) is 0 Å². The van der Waals surface area contributed by atoms with E-state index in [4.69, 9.17) is 14.5 Å². The lowest BCUT2D eigenvalue weighted by Gasteiger charge is -2.32. The highest BCUT2D eigenvalue weighted by Gasteiger charge is 2.32. The molecule has 1 saturated heterocycles. The summed E-state index contributed by atoms with van der Waals surface area (Å²) in [6, 6.07) is 5.70. The van der Waals surface area contributed by atoms with E-state index >= 15 is 0 Å². The Hall–Kier alpha value is -3.54. The summed E-state index contributed by atoms with van der Waals surface area (Å²) in [6.07, 6.45) is 7.04. The van der Waals surface area contributed by atoms with Gasteiger partial charge in [-0.15, -0.1) is 0 Å². The smallest absolute Gasteiger partial charge is 0.257 e. The number of ether oxygens (including phenoxy) is 2. The number of rotatable bonds is 6. The van der Waals surface area contributed by atoms with Crippen LogP contribution in [-0.2, 0) is 9.47 Å². The second-order valence-corrected chi connectivity index (χ2v) is 9.32. The van der Waals surface area contributed by atoms with E-state index in [0.29, 0.717) is 42.4 Å². The number of aliphatic hydroxyl groups excluding tert-OH is 1. The van der Waals surface area contributed by atoms with Crippen LogP contribution in [0.25, 0.3) is 27.9 Å². The Bertz CT molecular complexity index is 1430. The summed E-state index contributed by atoms with van der Waals surface area (Å²) in [5.41, 5.74) is 3.25. The number of amides is 1. The molecule has 1 amide bonds. The molecule has 5 heterocycles. The molecule has 2 aliphatic rings. The summed E-state index contributed by atoms with van der Waals surface area (Å²) in [7, 11) is 3.51. The average molecular weight is 492 g/mol. The largest absolute Gasteiger partial charge is 0.391 e. The van der Waals surface area contributed by atoms with E-state index in [0.717, 1.165) is 29.4 Å². The van der Waals surface area contributed by atoms with Crippen molar-refractivity contribution in [2.45, 2.75) is 43.6 Å². The van der Waals surface area contributed by atoms with Crippen molar-refractivity contribution < 1.29 is 19.4 Å². The van der Waals surface area contributed by atoms with Crippen molar-refractivity contribution in [3.05, 3.63) is 42.4 Å². The van der Waals surface area contributed by atoms with Gasteiger partial charge >= 0.3 is 0 Å². The fourth-order valence-electron chi connectivity index (χ4n) is 5.12. The van der Waals surface area contributed by atoms with E-state index in [1.807, 2.05) is 18.2 Å². The lowest BCUT2D eigenvalue weighted by molar-refractivity contribution is -0.0592. The van der Waals surface area contributed by atoms with Crippen molar-refractivity contribution in [3.63, 3.8) is 0 Å². The molecule has 0 spiro atoms. The first-order valence-electron chi connectivity index (χ1n) is 12.2. The summed E-state index contributed by atoms with van der Waals surface area (Å²) in [5, 5.41) is 21.3. The number of nitrogens with zero attached hydrogens (tertiary/aromatic N) is 5. The number of hydrogen-bond donors (Lipinski definition) is 3. The molecule has 0 radical (unpaired) electrons. The van der Waals surface area contributed by atoms with Crippen LogP contribution in [0, 0.1) is 0 Å². The molecule has 1 unspecified atom stereocenters. The summed E-state index contributed by atoms with van der Waals surface area (Å²) in [5.74, 6) is 0.401. The average Bonchev–Trinajstić information content (AvgIpc) is 3.52. The number of fused-ring (bicyclic) bond motifs is 2. The minimum Gasteiger partial charge on any atom is -0.391 e. The zero-order valence-corrected chi connectivity index (χ0v) is 20.2. The highest BCUT2D eigenvalue weighted by molar-refractivity contribution is 6.01. The van der Waals surface area contributed by atoms with Crippen molar-refractivity contribution in [2.75, 3.05) is 32.7 Å². The molecule has 36 heavy (non-hydrogen) atoms. The van der Waals surface area contributed by atoms with Gasteiger partial charge in [0.15, 0.2) is 5.65 Å². The van der Waals surface area contributed by atoms with Gasteiger partial charge in [0.25, 0.3) is 5.91 Å². The molecule has 188 valence electrons. The third-order valence-corrected chi connectivity index (χ3v) is 7.32. The summed E-state index contributed by atoms with van der Waals surface area (Å²) in [4.78, 5) is 22.6. The number of aromatic nitrogens is 5. The van der Waals surface area contributed by atoms with Gasteiger partial charge < -0.3 is 29.8 Å². The SMILES string of the molecule is CNc1cc(-c2cn([C@@H]3CCOC[C@@H]3OC)c3ncccc23)nc2c(C(=O)NC3CC[C@H]3O)cnn12. The van der Waals surface area contributed by atoms with Crippen molar-refractivity contribution in [1.82, 2.24) is 29.5 Å². The van der Waals surface area contributed by atoms with Gasteiger partial charge in [-0.2, -0.15) is 9.61 Å². The van der Waals surface area contributed by atoms with Gasteiger partial charge in [-0.1, -0.05) is 0 Å². The van der Waals surface area contributed by atoms with E-state index in [9.17, 15) is 9.90 Å². The van der Waals surface area contributed by atoms with E-state index in [2.05, 4.69) is 31.5 Å². The maximum atomic E-state index is 13.0. The Balaban J connectivity index is 1.47. The van der Waals surface area contributed by atoms with E-state index in [-0.39, 0.29) is 24.1 Å². The number of hydrogen-bond acceptors (Lipinski definition) is 8. The van der Waals surface area contributed by atoms with Crippen LogP contribution >= 0.6 is 0 Å². The highest BCUT2D eigenvalue weighted by Crippen LogP contribution is 2.35. The molecule has 3 N–H and O–H groups in total. The molecule has 4 aromatic rings. The van der Waals surface area contributed by atoms with Crippen LogP contribution in [0.3, 0.4) is 0 Å². The molecule has 1 aliphatic heterocycles. The summed E-state index contributed by atoms with van der Waals surface area (Å²) >= 11 is 0. The maximum absolute atomic E-state index is 13.0. The molecule has 0 aromatic carbocycles. The molecule has 11 heteroatoms. The number of carbonyl (C=O) groups excluding carboxylic acids is 1. The van der Waals surface area contributed by atoms with Gasteiger partial charge in [-0.05, 0) is 31.4 Å². The Morgan fingerprint density at radius 2 is 2.17 bits per heavy atom. The lowest BCUT2D eigenvalue weighted by atomic mass is 9.89. The molecule has 4 atom stereocenters. The Morgan fingerprint density at radius 3 is 2.92 bits per heavy atom. The Kier molecular flexibility index (Phi) is 5.82. The second kappa shape index (κ2) is 9.16. The molecule has 1 aliphatic carbocycles. The minimum absolute atomic E-state index is 0.0765. The third kappa shape index (κ3) is 3.71. The molecule has 0 bridgehead atoms. The predicted octanol–water partition coefficient (Wildman–Crippen LogP) is 2.02. The van der Waals surface area contributed by atoms with Crippen LogP contribution in [0.5, 0.6) is 0 Å². The van der Waals surface area contributed by atoms with Crippen LogP contribution < -0.4 is 10.6 Å². The zero-order valence-electron chi connectivity index (χ0n) is 20.2. The highest BCUT2D eigenvalue weighted by atomic mass is 16.5. The first-order valence-corrected chi connectivity index (χ1v) is 12.2. The van der Waals surface area contributed by atoms with E-state index in [1.165, 1.54) is 6.20 Å². The normalized spacial score (nSPS) is 24.1. The maximum Gasteiger partial charge on any atom is 0.257 e. The molecule has 6 rings (SSSR count). The number of nitrogens with one attached hydrogen (secondary N) is 2. The lowest BCUT2D eigenvalue weighted by Crippen LogP contribution is -2.50. The monoisotopic (exact) mass is 491 g/mol. The summed E-state index contributed by atoms with van der Waals surface area (Å²) < 4.78 is 15.1. The van der Waals surface area contributed by atoms with Crippen LogP contribution in [0.15, 0.2) is 36.8 Å². The van der Waals surface area contributed by atoms with Crippen molar-refractivity contribution >= 4 is 28.4 Å². The van der Waals surface area contributed by atoms with Gasteiger partial charge in [0.1, 0.15) is 23.1 Å². The van der Waals surface area contributed by atoms with Crippen LogP contribution in [-0.4, -0.2) is 80.8 Å². The Labute approximate surface area is 207 Å². The van der Waals surface area contributed by atoms with Gasteiger partial charge in [-0.3, -0.25) is 4.79 Å². The fourth-order valence-corrected chi connectivity index (χ4v) is 5.12. The standard InChI is InChI=1S/C25H29N7O4/c1-26-22-10-18(29-24-15(11-28-32(22)24)25(34)30-17-5-6-20(17)33)16-12-31(23-14(16)4-3-8-27-23)19-7-9-36-13-21(19)35-2/h3-4,8,10-12,17,19-21,26,33H,5-7,9,13H2,1-2H3,(H,30,34)/t17?,19-,20-,21+/m1/s1. The van der Waals surface area contributed by atoms with Gasteiger partial charge in [0, 0.05) is 50.2 Å². The molecule has 11 nitrogen and oxygen atoms in total. The van der Waals surface area contributed by atoms with Crippen molar-refractivity contribution in [1.29, 1.82) is 0 Å². The van der Waals surface area contributed by atoms with Crippen molar-refractivity contribution in [2.24, 2.45) is 0 Å². The second-order valence-electron chi connectivity index (χ2n) is 9.32. The number of carbonyl (C=O) groups is 1. The van der Waals surface area contributed by atoms with E-state index in [1.54, 1.807) is 24.9 Å². The summed E-state index contributed by atoms with van der Waals surface area (Å²) in [6.45, 7) is 1.19. The zero-order chi connectivity index (χ0) is 24.8. The molecular formula is C25H29N7O4. The molecule has 2 fully saturated rings. The Morgan fingerprint density at radius 1 is 1.28 bits per heavy atom. The minimum atomic E-state index is -0.507. The van der Waals surface area contributed by atoms with Crippen LogP contribution in [0.4, 0.5) is 5.82 Å². The first-order chi connectivity index (χ1) is 17.6. The van der Waals surface area contributed by atoms with Crippen LogP contribution in [0.2, 0.25) is 0 Å². The van der Waals surface area contributed by atoms with Gasteiger partial charge in [0.05, 0.1) is 36.7 Å². The van der Waals surface area contributed by atoms with Crippen LogP contribution in [0.1, 0.15) is 35.7 Å². The third-order valence-electron chi connectivity index (χ3n) is 7.32. The number of methoxy groups -OCH3 is 1. The van der Waals surface area contributed by atoms with Gasteiger partial charge in [-0.25, -0.2) is 9.97 Å². The number of pyridine rings is 1. The first kappa shape index (κ1) is 22.9. The quantitative estimate of drug-likeness (QED) is 0.374. The van der Waals surface area contributed by atoms with E-state index < -0.39 is 6.10 Å². The number of aliphatic hydroxyl groups is 1. The fraction of sp³-hybridized carbons (Fsp3) is 0.440. The predicted molar refractivity (Wildman–Crippen MR) is 133 cm³/mol. The molecular weight excluding hydrogens is 462 g/mol. The van der Waals surface area contributed by atoms with Crippen molar-refractivity contribution in [3.8, 4) is 11.3 Å². The molecule has 4 aromatic heterocycles. The topological polar surface area (TPSA) is 128 Å².